The zero-order valence-corrected chi connectivity index (χ0v) is 19.2. The summed E-state index contributed by atoms with van der Waals surface area (Å²) in [5, 5.41) is 2.83. The summed E-state index contributed by atoms with van der Waals surface area (Å²) >= 11 is 0. The summed E-state index contributed by atoms with van der Waals surface area (Å²) in [6.07, 6.45) is 1.12. The predicted octanol–water partition coefficient (Wildman–Crippen LogP) is 2.22. The maximum atomic E-state index is 12.5. The number of morpholine rings is 1. The van der Waals surface area contributed by atoms with Crippen LogP contribution in [0.25, 0.3) is 0 Å². The zero-order valence-electron chi connectivity index (χ0n) is 18.4. The number of nitrogens with zero attached hydrogens (tertiary/aromatic N) is 2. The van der Waals surface area contributed by atoms with Crippen LogP contribution in [-0.2, 0) is 32.6 Å². The van der Waals surface area contributed by atoms with E-state index in [2.05, 4.69) is 22.3 Å². The van der Waals surface area contributed by atoms with E-state index in [1.165, 1.54) is 5.56 Å². The van der Waals surface area contributed by atoms with E-state index in [0.29, 0.717) is 12.2 Å². The monoisotopic (exact) mass is 445 g/mol. The van der Waals surface area contributed by atoms with E-state index in [4.69, 9.17) is 4.74 Å². The molecule has 2 aromatic rings. The number of hydrogen-bond acceptors (Lipinski definition) is 5. The smallest absolute Gasteiger partial charge is 0.241 e. The molecule has 8 heteroatoms. The first-order valence-corrected chi connectivity index (χ1v) is 12.3. The first kappa shape index (κ1) is 23.2. The lowest BCUT2D eigenvalue weighted by atomic mass is 10.1. The van der Waals surface area contributed by atoms with Gasteiger partial charge in [-0.3, -0.25) is 14.0 Å². The van der Waals surface area contributed by atoms with Gasteiger partial charge in [-0.25, -0.2) is 8.42 Å². The summed E-state index contributed by atoms with van der Waals surface area (Å²) in [5.41, 5.74) is 4.46. The molecular weight excluding hydrogens is 414 g/mol. The molecule has 0 bridgehead atoms. The van der Waals surface area contributed by atoms with Crippen molar-refractivity contribution in [2.45, 2.75) is 26.9 Å². The predicted molar refractivity (Wildman–Crippen MR) is 122 cm³/mol. The van der Waals surface area contributed by atoms with Crippen molar-refractivity contribution >= 4 is 21.6 Å². The Morgan fingerprint density at radius 2 is 1.71 bits per heavy atom. The molecule has 0 atom stereocenters. The number of aryl methyl sites for hydroxylation is 2. The van der Waals surface area contributed by atoms with Crippen LogP contribution in [0.2, 0.25) is 0 Å². The Hall–Kier alpha value is -2.42. The third kappa shape index (κ3) is 6.78. The number of anilines is 1. The molecule has 0 radical (unpaired) electrons. The van der Waals surface area contributed by atoms with Crippen molar-refractivity contribution < 1.29 is 17.9 Å². The number of carbonyl (C=O) groups excluding carboxylic acids is 1. The van der Waals surface area contributed by atoms with Gasteiger partial charge in [0.05, 0.1) is 25.2 Å². The molecule has 3 rings (SSSR count). The van der Waals surface area contributed by atoms with E-state index < -0.39 is 10.0 Å². The summed E-state index contributed by atoms with van der Waals surface area (Å²) < 4.78 is 31.2. The van der Waals surface area contributed by atoms with Gasteiger partial charge < -0.3 is 10.1 Å². The van der Waals surface area contributed by atoms with E-state index in [1.54, 1.807) is 6.07 Å². The largest absolute Gasteiger partial charge is 0.379 e. The molecule has 1 aliphatic heterocycles. The van der Waals surface area contributed by atoms with Crippen molar-refractivity contribution in [3.63, 3.8) is 0 Å². The lowest BCUT2D eigenvalue weighted by molar-refractivity contribution is -0.119. The molecule has 31 heavy (non-hydrogen) atoms. The Bertz CT molecular complexity index is 1000. The summed E-state index contributed by atoms with van der Waals surface area (Å²) in [5.74, 6) is -0.344. The van der Waals surface area contributed by atoms with Gasteiger partial charge in [0, 0.05) is 26.2 Å². The molecule has 168 valence electrons. The molecule has 1 amide bonds. The van der Waals surface area contributed by atoms with Crippen molar-refractivity contribution in [3.8, 4) is 0 Å². The lowest BCUT2D eigenvalue weighted by Gasteiger charge is -2.26. The molecule has 7 nitrogen and oxygen atoms in total. The van der Waals surface area contributed by atoms with Gasteiger partial charge in [0.1, 0.15) is 6.54 Å². The number of carbonyl (C=O) groups is 1. The molecule has 0 aliphatic carbocycles. The average molecular weight is 446 g/mol. The second-order valence-corrected chi connectivity index (χ2v) is 9.95. The van der Waals surface area contributed by atoms with Crippen LogP contribution in [0.1, 0.15) is 22.3 Å². The van der Waals surface area contributed by atoms with Crippen molar-refractivity contribution in [2.24, 2.45) is 0 Å². The Labute approximate surface area is 185 Å². The molecule has 2 aromatic carbocycles. The molecule has 1 heterocycles. The number of benzene rings is 2. The Morgan fingerprint density at radius 1 is 1.06 bits per heavy atom. The number of rotatable bonds is 8. The van der Waals surface area contributed by atoms with Crippen LogP contribution >= 0.6 is 0 Å². The van der Waals surface area contributed by atoms with Gasteiger partial charge in [-0.15, -0.1) is 0 Å². The third-order valence-corrected chi connectivity index (χ3v) is 6.47. The first-order chi connectivity index (χ1) is 14.7. The Kier molecular flexibility index (Phi) is 7.69. The molecule has 1 aliphatic rings. The van der Waals surface area contributed by atoms with Crippen molar-refractivity contribution in [3.05, 3.63) is 64.7 Å². The first-order valence-electron chi connectivity index (χ1n) is 10.4. The van der Waals surface area contributed by atoms with Crippen molar-refractivity contribution in [2.75, 3.05) is 43.4 Å². The average Bonchev–Trinajstić information content (AvgIpc) is 2.73. The van der Waals surface area contributed by atoms with Gasteiger partial charge in [0.15, 0.2) is 0 Å². The summed E-state index contributed by atoms with van der Waals surface area (Å²) in [6, 6.07) is 13.7. The van der Waals surface area contributed by atoms with Gasteiger partial charge in [0.25, 0.3) is 0 Å². The molecule has 1 N–H and O–H groups in total. The maximum absolute atomic E-state index is 12.5. The number of hydrogen-bond donors (Lipinski definition) is 1. The highest BCUT2D eigenvalue weighted by Gasteiger charge is 2.22. The van der Waals surface area contributed by atoms with E-state index >= 15 is 0 Å². The standard InChI is InChI=1S/C23H31N3O4S/c1-18-4-5-19(2)22(14-18)26(31(3,28)29)17-23(27)24-15-20-6-8-21(9-7-20)16-25-10-12-30-13-11-25/h4-9,14H,10-13,15-17H2,1-3H3,(H,24,27). The highest BCUT2D eigenvalue weighted by atomic mass is 32.2. The van der Waals surface area contributed by atoms with E-state index in [9.17, 15) is 13.2 Å². The summed E-state index contributed by atoms with van der Waals surface area (Å²) in [6.45, 7) is 8.14. The topological polar surface area (TPSA) is 79.0 Å². The van der Waals surface area contributed by atoms with Gasteiger partial charge in [-0.2, -0.15) is 0 Å². The lowest BCUT2D eigenvalue weighted by Crippen LogP contribution is -2.40. The van der Waals surface area contributed by atoms with Gasteiger partial charge >= 0.3 is 0 Å². The van der Waals surface area contributed by atoms with E-state index in [0.717, 1.165) is 60.1 Å². The van der Waals surface area contributed by atoms with E-state index in [1.807, 2.05) is 38.1 Å². The summed E-state index contributed by atoms with van der Waals surface area (Å²) in [7, 11) is -3.60. The second kappa shape index (κ2) is 10.3. The van der Waals surface area contributed by atoms with Gasteiger partial charge in [-0.05, 0) is 42.2 Å². The normalized spacial score (nSPS) is 14.9. The second-order valence-electron chi connectivity index (χ2n) is 8.04. The summed E-state index contributed by atoms with van der Waals surface area (Å²) in [4.78, 5) is 14.9. The van der Waals surface area contributed by atoms with Crippen molar-refractivity contribution in [1.82, 2.24) is 10.2 Å². The number of sulfonamides is 1. The molecule has 0 unspecified atom stereocenters. The van der Waals surface area contributed by atoms with Crippen LogP contribution in [0.4, 0.5) is 5.69 Å². The molecule has 0 saturated carbocycles. The fourth-order valence-electron chi connectivity index (χ4n) is 3.54. The zero-order chi connectivity index (χ0) is 22.4. The van der Waals surface area contributed by atoms with Gasteiger partial charge in [0.2, 0.25) is 15.9 Å². The van der Waals surface area contributed by atoms with Crippen LogP contribution in [0.15, 0.2) is 42.5 Å². The Morgan fingerprint density at radius 3 is 2.35 bits per heavy atom. The third-order valence-electron chi connectivity index (χ3n) is 5.34. The fourth-order valence-corrected chi connectivity index (χ4v) is 4.44. The van der Waals surface area contributed by atoms with Crippen LogP contribution in [0.3, 0.4) is 0 Å². The van der Waals surface area contributed by atoms with Crippen LogP contribution in [-0.4, -0.2) is 58.3 Å². The minimum absolute atomic E-state index is 0.252. The maximum Gasteiger partial charge on any atom is 0.241 e. The fraction of sp³-hybridized carbons (Fsp3) is 0.435. The van der Waals surface area contributed by atoms with Crippen LogP contribution in [0.5, 0.6) is 0 Å². The van der Waals surface area contributed by atoms with Crippen LogP contribution < -0.4 is 9.62 Å². The minimum atomic E-state index is -3.60. The number of nitrogens with one attached hydrogen (secondary N) is 1. The molecule has 0 spiro atoms. The quantitative estimate of drug-likeness (QED) is 0.674. The van der Waals surface area contributed by atoms with E-state index in [-0.39, 0.29) is 12.5 Å². The number of ether oxygens (including phenoxy) is 1. The molecule has 0 aromatic heterocycles. The molecule has 1 saturated heterocycles. The highest BCUT2D eigenvalue weighted by Crippen LogP contribution is 2.23. The highest BCUT2D eigenvalue weighted by molar-refractivity contribution is 7.92. The number of amides is 1. The van der Waals surface area contributed by atoms with Crippen LogP contribution in [0, 0.1) is 13.8 Å². The van der Waals surface area contributed by atoms with Gasteiger partial charge in [-0.1, -0.05) is 36.4 Å². The molecule has 1 fully saturated rings. The SMILES string of the molecule is Cc1ccc(C)c(N(CC(=O)NCc2ccc(CN3CCOCC3)cc2)S(C)(=O)=O)c1. The van der Waals surface area contributed by atoms with Crippen molar-refractivity contribution in [1.29, 1.82) is 0 Å². The Balaban J connectivity index is 1.58. The minimum Gasteiger partial charge on any atom is -0.379 e. The molecular formula is C23H31N3O4S.